The van der Waals surface area contributed by atoms with E-state index in [1.807, 2.05) is 18.2 Å². The molecule has 1 aliphatic heterocycles. The largest absolute Gasteiger partial charge is 0.493 e. The molecule has 1 saturated carbocycles. The molecule has 2 N–H and O–H groups in total. The summed E-state index contributed by atoms with van der Waals surface area (Å²) in [5, 5.41) is 6.39. The monoisotopic (exact) mass is 370 g/mol. The molecule has 6 nitrogen and oxygen atoms in total. The van der Waals surface area contributed by atoms with Crippen LogP contribution in [-0.4, -0.2) is 46.4 Å². The van der Waals surface area contributed by atoms with Gasteiger partial charge in [-0.15, -0.1) is 12.4 Å². The normalized spacial score (nSPS) is 20.5. The number of hydrogen-bond acceptors (Lipinski definition) is 5. The van der Waals surface area contributed by atoms with Crippen LogP contribution in [0.1, 0.15) is 19.3 Å². The third-order valence-corrected chi connectivity index (χ3v) is 5.08. The Morgan fingerprint density at radius 1 is 1.24 bits per heavy atom. The maximum absolute atomic E-state index is 12.6. The summed E-state index contributed by atoms with van der Waals surface area (Å²) >= 11 is 0. The highest BCUT2D eigenvalue weighted by atomic mass is 35.5. The fourth-order valence-corrected chi connectivity index (χ4v) is 3.53. The minimum Gasteiger partial charge on any atom is -0.493 e. The van der Waals surface area contributed by atoms with Crippen molar-refractivity contribution in [2.45, 2.75) is 19.3 Å². The number of anilines is 1. The highest BCUT2D eigenvalue weighted by molar-refractivity contribution is 5.95. The third kappa shape index (κ3) is 4.57. The van der Waals surface area contributed by atoms with Crippen molar-refractivity contribution in [2.75, 3.05) is 45.8 Å². The molecular formula is C18H27ClN2O4. The van der Waals surface area contributed by atoms with E-state index in [0.29, 0.717) is 24.7 Å². The maximum atomic E-state index is 12.6. The zero-order valence-electron chi connectivity index (χ0n) is 14.8. The van der Waals surface area contributed by atoms with E-state index >= 15 is 0 Å². The van der Waals surface area contributed by atoms with Crippen molar-refractivity contribution < 1.29 is 19.0 Å². The van der Waals surface area contributed by atoms with Crippen LogP contribution in [0.3, 0.4) is 0 Å². The molecule has 1 spiro atoms. The lowest BCUT2D eigenvalue weighted by atomic mass is 9.92. The number of rotatable bonds is 7. The molecule has 0 bridgehead atoms. The number of benzene rings is 1. The Hall–Kier alpha value is -1.50. The predicted molar refractivity (Wildman–Crippen MR) is 98.9 cm³/mol. The molecule has 1 aliphatic carbocycles. The molecule has 1 amide bonds. The molecule has 0 radical (unpaired) electrons. The van der Waals surface area contributed by atoms with Crippen molar-refractivity contribution in [1.29, 1.82) is 0 Å². The topological polar surface area (TPSA) is 68.8 Å². The van der Waals surface area contributed by atoms with Crippen LogP contribution in [0.2, 0.25) is 0 Å². The van der Waals surface area contributed by atoms with Crippen molar-refractivity contribution in [1.82, 2.24) is 5.32 Å². The maximum Gasteiger partial charge on any atom is 0.228 e. The number of halogens is 1. The van der Waals surface area contributed by atoms with Gasteiger partial charge in [0.2, 0.25) is 5.91 Å². The number of piperidine rings is 1. The second-order valence-electron chi connectivity index (χ2n) is 6.57. The lowest BCUT2D eigenvalue weighted by Gasteiger charge is -2.23. The van der Waals surface area contributed by atoms with Gasteiger partial charge < -0.3 is 24.8 Å². The van der Waals surface area contributed by atoms with Gasteiger partial charge in [0.1, 0.15) is 6.61 Å². The first-order chi connectivity index (χ1) is 11.7. The van der Waals surface area contributed by atoms with E-state index in [0.717, 1.165) is 38.0 Å². The summed E-state index contributed by atoms with van der Waals surface area (Å²) in [5.41, 5.74) is 0.976. The Morgan fingerprint density at radius 2 is 2.00 bits per heavy atom. The summed E-state index contributed by atoms with van der Waals surface area (Å²) in [6.07, 6.45) is 3.20. The second-order valence-corrected chi connectivity index (χ2v) is 6.57. The number of methoxy groups -OCH3 is 2. The van der Waals surface area contributed by atoms with Crippen LogP contribution in [0, 0.1) is 11.3 Å². The van der Waals surface area contributed by atoms with Crippen LogP contribution in [-0.2, 0) is 9.53 Å². The molecule has 3 rings (SSSR count). The second kappa shape index (κ2) is 8.74. The smallest absolute Gasteiger partial charge is 0.228 e. The van der Waals surface area contributed by atoms with Crippen LogP contribution < -0.4 is 20.1 Å². The molecule has 1 heterocycles. The average molecular weight is 371 g/mol. The fraction of sp³-hybridized carbons (Fsp3) is 0.611. The van der Waals surface area contributed by atoms with Crippen molar-refractivity contribution in [3.63, 3.8) is 0 Å². The average Bonchev–Trinajstić information content (AvgIpc) is 3.29. The van der Waals surface area contributed by atoms with E-state index in [2.05, 4.69) is 10.6 Å². The zero-order valence-corrected chi connectivity index (χ0v) is 15.6. The summed E-state index contributed by atoms with van der Waals surface area (Å²) in [6.45, 7) is 2.97. The SMILES string of the molecule is COCCOc1cc(NC(=O)C2CC23CCNCC3)ccc1OC.Cl. The molecule has 25 heavy (non-hydrogen) atoms. The van der Waals surface area contributed by atoms with Gasteiger partial charge in [-0.1, -0.05) is 0 Å². The molecule has 1 saturated heterocycles. The molecular weight excluding hydrogens is 344 g/mol. The third-order valence-electron chi connectivity index (χ3n) is 5.08. The van der Waals surface area contributed by atoms with Gasteiger partial charge in [0.15, 0.2) is 11.5 Å². The zero-order chi connectivity index (χ0) is 17.0. The Labute approximate surface area is 155 Å². The lowest BCUT2D eigenvalue weighted by Crippen LogP contribution is -2.31. The Morgan fingerprint density at radius 3 is 2.68 bits per heavy atom. The van der Waals surface area contributed by atoms with Gasteiger partial charge in [-0.25, -0.2) is 0 Å². The van der Waals surface area contributed by atoms with Gasteiger partial charge >= 0.3 is 0 Å². The number of carbonyl (C=O) groups excluding carboxylic acids is 1. The first-order valence-electron chi connectivity index (χ1n) is 8.50. The number of carbonyl (C=O) groups is 1. The molecule has 1 aromatic rings. The van der Waals surface area contributed by atoms with E-state index in [4.69, 9.17) is 14.2 Å². The molecule has 2 aliphatic rings. The minimum atomic E-state index is 0. The van der Waals surface area contributed by atoms with E-state index in [1.54, 1.807) is 14.2 Å². The van der Waals surface area contributed by atoms with Gasteiger partial charge in [-0.2, -0.15) is 0 Å². The van der Waals surface area contributed by atoms with Gasteiger partial charge in [-0.3, -0.25) is 4.79 Å². The van der Waals surface area contributed by atoms with Crippen LogP contribution >= 0.6 is 12.4 Å². The fourth-order valence-electron chi connectivity index (χ4n) is 3.53. The summed E-state index contributed by atoms with van der Waals surface area (Å²) < 4.78 is 16.0. The molecule has 7 heteroatoms. The van der Waals surface area contributed by atoms with Gasteiger partial charge in [0, 0.05) is 24.8 Å². The summed E-state index contributed by atoms with van der Waals surface area (Å²) in [6, 6.07) is 5.46. The highest BCUT2D eigenvalue weighted by Crippen LogP contribution is 2.58. The Bertz CT molecular complexity index is 590. The van der Waals surface area contributed by atoms with Crippen LogP contribution in [0.25, 0.3) is 0 Å². The number of nitrogens with one attached hydrogen (secondary N) is 2. The van der Waals surface area contributed by atoms with E-state index in [1.165, 1.54) is 0 Å². The van der Waals surface area contributed by atoms with Crippen LogP contribution in [0.4, 0.5) is 5.69 Å². The first kappa shape index (κ1) is 19.8. The molecule has 140 valence electrons. The quantitative estimate of drug-likeness (QED) is 0.722. The minimum absolute atomic E-state index is 0. The predicted octanol–water partition coefficient (Wildman–Crippen LogP) is 2.47. The van der Waals surface area contributed by atoms with Gasteiger partial charge in [0.05, 0.1) is 13.7 Å². The molecule has 2 fully saturated rings. The Kier molecular flexibility index (Phi) is 6.93. The standard InChI is InChI=1S/C18H26N2O4.ClH/c1-22-9-10-24-16-11-13(3-4-15(16)23-2)20-17(21)14-12-18(14)5-7-19-8-6-18;/h3-4,11,14,19H,5-10,12H2,1-2H3,(H,20,21);1H. The van der Waals surface area contributed by atoms with Crippen LogP contribution in [0.15, 0.2) is 18.2 Å². The lowest BCUT2D eigenvalue weighted by molar-refractivity contribution is -0.118. The van der Waals surface area contributed by atoms with Gasteiger partial charge in [0.25, 0.3) is 0 Å². The van der Waals surface area contributed by atoms with Crippen molar-refractivity contribution >= 4 is 24.0 Å². The molecule has 1 unspecified atom stereocenters. The molecule has 1 aromatic carbocycles. The molecule has 1 atom stereocenters. The van der Waals surface area contributed by atoms with E-state index in [-0.39, 0.29) is 29.6 Å². The number of amides is 1. The van der Waals surface area contributed by atoms with E-state index < -0.39 is 0 Å². The van der Waals surface area contributed by atoms with Crippen molar-refractivity contribution in [3.05, 3.63) is 18.2 Å². The summed E-state index contributed by atoms with van der Waals surface area (Å²) in [4.78, 5) is 12.6. The molecule has 0 aromatic heterocycles. The summed E-state index contributed by atoms with van der Waals surface area (Å²) in [5.74, 6) is 1.51. The number of hydrogen-bond donors (Lipinski definition) is 2. The van der Waals surface area contributed by atoms with Crippen LogP contribution in [0.5, 0.6) is 11.5 Å². The summed E-state index contributed by atoms with van der Waals surface area (Å²) in [7, 11) is 3.23. The van der Waals surface area contributed by atoms with Crippen molar-refractivity contribution in [2.24, 2.45) is 11.3 Å². The highest BCUT2D eigenvalue weighted by Gasteiger charge is 2.57. The van der Waals surface area contributed by atoms with Crippen molar-refractivity contribution in [3.8, 4) is 11.5 Å². The Balaban J connectivity index is 0.00000225. The first-order valence-corrected chi connectivity index (χ1v) is 8.50. The van der Waals surface area contributed by atoms with E-state index in [9.17, 15) is 4.79 Å². The van der Waals surface area contributed by atoms with Gasteiger partial charge in [-0.05, 0) is 49.9 Å². The number of ether oxygens (including phenoxy) is 3.